The van der Waals surface area contributed by atoms with Crippen LogP contribution >= 0.6 is 15.9 Å². The Balaban J connectivity index is 2.00. The van der Waals surface area contributed by atoms with Gasteiger partial charge in [0.2, 0.25) is 6.43 Å². The van der Waals surface area contributed by atoms with E-state index < -0.39 is 24.5 Å². The number of methoxy groups -OCH3 is 2. The van der Waals surface area contributed by atoms with Gasteiger partial charge >= 0.3 is 0 Å². The fourth-order valence-electron chi connectivity index (χ4n) is 3.32. The molecule has 0 spiro atoms. The number of rotatable bonds is 9. The number of alkyl halides is 2. The van der Waals surface area contributed by atoms with E-state index in [4.69, 9.17) is 9.47 Å². The minimum Gasteiger partial charge on any atom is -0.497 e. The molecule has 0 atom stereocenters. The van der Waals surface area contributed by atoms with E-state index >= 15 is 4.39 Å². The molecule has 0 amide bonds. The highest BCUT2D eigenvalue weighted by molar-refractivity contribution is 9.10. The average molecular weight is 512 g/mol. The number of nitrogens with zero attached hydrogens (tertiary/aromatic N) is 1. The molecule has 0 aliphatic carbocycles. The van der Waals surface area contributed by atoms with Crippen LogP contribution in [-0.2, 0) is 19.5 Å². The first kappa shape index (κ1) is 23.9. The summed E-state index contributed by atoms with van der Waals surface area (Å²) in [5.41, 5.74) is 1.27. The van der Waals surface area contributed by atoms with E-state index in [-0.39, 0.29) is 28.8 Å². The number of benzene rings is 3. The van der Waals surface area contributed by atoms with Gasteiger partial charge in [-0.2, -0.15) is 0 Å². The van der Waals surface area contributed by atoms with Gasteiger partial charge in [0.25, 0.3) is 0 Å². The van der Waals surface area contributed by atoms with Crippen LogP contribution in [0, 0.1) is 11.6 Å². The first-order valence-corrected chi connectivity index (χ1v) is 10.6. The maximum absolute atomic E-state index is 15.1. The molecule has 32 heavy (non-hydrogen) atoms. The van der Waals surface area contributed by atoms with E-state index in [0.717, 1.165) is 11.1 Å². The largest absolute Gasteiger partial charge is 0.497 e. The summed E-state index contributed by atoms with van der Waals surface area (Å²) in [6.45, 7) is 0.514. The molecule has 0 bridgehead atoms. The number of hydrogen-bond acceptors (Lipinski definition) is 3. The maximum Gasteiger partial charge on any atom is 0.242 e. The molecule has 0 N–H and O–H groups in total. The molecule has 170 valence electrons. The summed E-state index contributed by atoms with van der Waals surface area (Å²) in [5, 5.41) is 0. The first-order chi connectivity index (χ1) is 15.3. The minimum absolute atomic E-state index is 0.0287. The summed E-state index contributed by atoms with van der Waals surface area (Å²) in [7, 11) is 3.11. The van der Waals surface area contributed by atoms with Crippen LogP contribution in [0.15, 0.2) is 59.1 Å². The Kier molecular flexibility index (Phi) is 8.01. The highest BCUT2D eigenvalue weighted by Crippen LogP contribution is 2.34. The minimum atomic E-state index is -2.79. The second-order valence-electron chi connectivity index (χ2n) is 7.13. The van der Waals surface area contributed by atoms with Crippen molar-refractivity contribution in [2.75, 3.05) is 19.1 Å². The molecule has 0 heterocycles. The molecule has 0 saturated carbocycles. The van der Waals surface area contributed by atoms with Crippen LogP contribution in [0.2, 0.25) is 0 Å². The van der Waals surface area contributed by atoms with Crippen molar-refractivity contribution in [1.82, 2.24) is 0 Å². The van der Waals surface area contributed by atoms with Gasteiger partial charge in [0.1, 0.15) is 11.5 Å². The fraction of sp³-hybridized carbons (Fsp3) is 0.250. The Morgan fingerprint density at radius 1 is 0.812 bits per heavy atom. The summed E-state index contributed by atoms with van der Waals surface area (Å²) in [6.07, 6.45) is -3.67. The van der Waals surface area contributed by atoms with Crippen molar-refractivity contribution in [2.24, 2.45) is 0 Å². The molecule has 0 saturated heterocycles. The molecule has 3 aromatic rings. The van der Waals surface area contributed by atoms with Gasteiger partial charge in [-0.1, -0.05) is 40.2 Å². The molecular formula is C24H22BrF4NO2. The lowest BCUT2D eigenvalue weighted by Gasteiger charge is -2.27. The van der Waals surface area contributed by atoms with Crippen LogP contribution < -0.4 is 14.4 Å². The van der Waals surface area contributed by atoms with E-state index in [1.807, 2.05) is 24.3 Å². The van der Waals surface area contributed by atoms with E-state index in [0.29, 0.717) is 11.5 Å². The van der Waals surface area contributed by atoms with Gasteiger partial charge in [-0.25, -0.2) is 17.6 Å². The maximum atomic E-state index is 15.1. The number of halogens is 5. The van der Waals surface area contributed by atoms with Crippen molar-refractivity contribution in [1.29, 1.82) is 0 Å². The summed E-state index contributed by atoms with van der Waals surface area (Å²) >= 11 is 3.14. The van der Waals surface area contributed by atoms with Gasteiger partial charge in [0.05, 0.1) is 19.9 Å². The summed E-state index contributed by atoms with van der Waals surface area (Å²) in [4.78, 5) is 1.65. The van der Waals surface area contributed by atoms with Crippen molar-refractivity contribution in [3.8, 4) is 11.5 Å². The Hall–Kier alpha value is -2.74. The van der Waals surface area contributed by atoms with Crippen molar-refractivity contribution >= 4 is 21.6 Å². The number of anilines is 1. The molecule has 0 aliphatic rings. The SMILES string of the molecule is COc1ccc(CN(Cc2ccc(OC)cc2)c2cc(Br)c(CC(F)F)c(F)c2F)cc1. The monoisotopic (exact) mass is 511 g/mol. The van der Waals surface area contributed by atoms with Gasteiger partial charge in [-0.05, 0) is 41.5 Å². The third-order valence-electron chi connectivity index (χ3n) is 5.00. The molecule has 0 aliphatic heterocycles. The second-order valence-corrected chi connectivity index (χ2v) is 7.99. The van der Waals surface area contributed by atoms with Crippen LogP contribution in [0.5, 0.6) is 11.5 Å². The van der Waals surface area contributed by atoms with Crippen molar-refractivity contribution < 1.29 is 27.0 Å². The van der Waals surface area contributed by atoms with Crippen LogP contribution in [0.3, 0.4) is 0 Å². The van der Waals surface area contributed by atoms with Crippen molar-refractivity contribution in [3.63, 3.8) is 0 Å². The third-order valence-corrected chi connectivity index (χ3v) is 5.71. The Labute approximate surface area is 192 Å². The lowest BCUT2D eigenvalue weighted by Crippen LogP contribution is -2.24. The fourth-order valence-corrected chi connectivity index (χ4v) is 3.87. The summed E-state index contributed by atoms with van der Waals surface area (Å²) < 4.78 is 65.9. The zero-order valence-corrected chi connectivity index (χ0v) is 19.1. The predicted octanol–water partition coefficient (Wildman–Crippen LogP) is 6.76. The molecule has 3 rings (SSSR count). The standard InChI is InChI=1S/C24H22BrF4NO2/c1-31-17-7-3-15(4-8-17)13-30(14-16-5-9-18(32-2)10-6-16)21-12-20(25)19(11-22(26)27)23(28)24(21)29/h3-10,12,22H,11,13-14H2,1-2H3. The lowest BCUT2D eigenvalue weighted by atomic mass is 10.1. The van der Waals surface area contributed by atoms with Gasteiger partial charge in [0.15, 0.2) is 11.6 Å². The van der Waals surface area contributed by atoms with Gasteiger partial charge in [0, 0.05) is 29.5 Å². The normalized spacial score (nSPS) is 11.0. The first-order valence-electron chi connectivity index (χ1n) is 9.77. The van der Waals surface area contributed by atoms with E-state index in [9.17, 15) is 13.2 Å². The molecule has 3 aromatic carbocycles. The van der Waals surface area contributed by atoms with Crippen LogP contribution in [0.4, 0.5) is 23.2 Å². The van der Waals surface area contributed by atoms with Crippen LogP contribution in [-0.4, -0.2) is 20.6 Å². The van der Waals surface area contributed by atoms with Crippen LogP contribution in [0.25, 0.3) is 0 Å². The van der Waals surface area contributed by atoms with E-state index in [1.165, 1.54) is 6.07 Å². The van der Waals surface area contributed by atoms with E-state index in [1.54, 1.807) is 43.4 Å². The quantitative estimate of drug-likeness (QED) is 0.234. The molecule has 0 fully saturated rings. The zero-order valence-electron chi connectivity index (χ0n) is 17.5. The summed E-state index contributed by atoms with van der Waals surface area (Å²) in [5.74, 6) is -1.09. The molecular weight excluding hydrogens is 490 g/mol. The molecule has 0 unspecified atom stereocenters. The molecule has 8 heteroatoms. The third kappa shape index (κ3) is 5.73. The summed E-state index contributed by atoms with van der Waals surface area (Å²) in [6, 6.07) is 15.8. The van der Waals surface area contributed by atoms with Gasteiger partial charge < -0.3 is 14.4 Å². The van der Waals surface area contributed by atoms with Crippen molar-refractivity contribution in [3.05, 3.63) is 87.4 Å². The number of hydrogen-bond donors (Lipinski definition) is 0. The van der Waals surface area contributed by atoms with E-state index in [2.05, 4.69) is 15.9 Å². The molecule has 0 aromatic heterocycles. The molecule has 0 radical (unpaired) electrons. The smallest absolute Gasteiger partial charge is 0.242 e. The van der Waals surface area contributed by atoms with Gasteiger partial charge in [-0.3, -0.25) is 0 Å². The Morgan fingerprint density at radius 3 is 1.69 bits per heavy atom. The zero-order chi connectivity index (χ0) is 23.3. The van der Waals surface area contributed by atoms with Crippen LogP contribution in [0.1, 0.15) is 16.7 Å². The Morgan fingerprint density at radius 2 is 1.28 bits per heavy atom. The van der Waals surface area contributed by atoms with Gasteiger partial charge in [-0.15, -0.1) is 0 Å². The molecule has 3 nitrogen and oxygen atoms in total. The Bertz CT molecular complexity index is 994. The second kappa shape index (κ2) is 10.7. The topological polar surface area (TPSA) is 21.7 Å². The van der Waals surface area contributed by atoms with Crippen molar-refractivity contribution in [2.45, 2.75) is 25.9 Å². The highest BCUT2D eigenvalue weighted by atomic mass is 79.9. The average Bonchev–Trinajstić information content (AvgIpc) is 2.79. The number of ether oxygens (including phenoxy) is 2. The highest BCUT2D eigenvalue weighted by Gasteiger charge is 2.23. The predicted molar refractivity (Wildman–Crippen MR) is 120 cm³/mol. The lowest BCUT2D eigenvalue weighted by molar-refractivity contribution is 0.147.